The number of nitrogens with zero attached hydrogens (tertiary/aromatic N) is 1. The number of nitro groups is 1. The minimum Gasteiger partial charge on any atom is -0.480 e. The molecule has 8 nitrogen and oxygen atoms in total. The summed E-state index contributed by atoms with van der Waals surface area (Å²) in [6.45, 7) is 6.31. The van der Waals surface area contributed by atoms with Gasteiger partial charge in [0.05, 0.1) is 10.8 Å². The topological polar surface area (TPSA) is 133 Å². The van der Waals surface area contributed by atoms with Gasteiger partial charge in [-0.1, -0.05) is 12.1 Å². The van der Waals surface area contributed by atoms with E-state index < -0.39 is 33.9 Å². The molecule has 0 spiro atoms. The number of ether oxygens (including phenoxy) is 1. The molecule has 1 aromatic carbocycles. The highest BCUT2D eigenvalue weighted by atomic mass is 16.6. The first kappa shape index (κ1) is 19.6. The minimum absolute atomic E-state index is 0.199. The van der Waals surface area contributed by atoms with Crippen LogP contribution >= 0.6 is 0 Å². The predicted octanol–water partition coefficient (Wildman–Crippen LogP) is 2.21. The quantitative estimate of drug-likeness (QED) is 0.461. The Kier molecular flexibility index (Phi) is 5.67. The molecule has 0 saturated carbocycles. The van der Waals surface area contributed by atoms with Gasteiger partial charge >= 0.3 is 11.9 Å². The lowest BCUT2D eigenvalue weighted by molar-refractivity contribution is -0.384. The number of carboxylic acids is 1. The number of esters is 1. The molecule has 0 aromatic heterocycles. The van der Waals surface area contributed by atoms with Crippen molar-refractivity contribution >= 4 is 17.6 Å². The number of hydrogen-bond acceptors (Lipinski definition) is 6. The maximum absolute atomic E-state index is 12.5. The van der Waals surface area contributed by atoms with Crippen LogP contribution in [0.2, 0.25) is 0 Å². The third-order valence-electron chi connectivity index (χ3n) is 3.29. The molecule has 0 bridgehead atoms. The van der Waals surface area contributed by atoms with Crippen LogP contribution in [-0.4, -0.2) is 33.1 Å². The lowest BCUT2D eigenvalue weighted by atomic mass is 9.85. The van der Waals surface area contributed by atoms with Crippen LogP contribution in [-0.2, 0) is 14.3 Å². The van der Waals surface area contributed by atoms with Crippen molar-refractivity contribution in [2.75, 3.05) is 0 Å². The van der Waals surface area contributed by atoms with E-state index in [9.17, 15) is 24.8 Å². The molecule has 2 atom stereocenters. The fourth-order valence-electron chi connectivity index (χ4n) is 2.08. The van der Waals surface area contributed by atoms with Crippen LogP contribution < -0.4 is 5.73 Å². The van der Waals surface area contributed by atoms with Gasteiger partial charge in [-0.15, -0.1) is 0 Å². The van der Waals surface area contributed by atoms with E-state index in [1.54, 1.807) is 20.8 Å². The van der Waals surface area contributed by atoms with Gasteiger partial charge in [0.1, 0.15) is 11.1 Å². The molecule has 0 aliphatic heterocycles. The number of aliphatic carboxylic acids is 1. The molecule has 0 aliphatic carbocycles. The Morgan fingerprint density at radius 2 is 1.92 bits per heavy atom. The molecule has 0 heterocycles. The summed E-state index contributed by atoms with van der Waals surface area (Å²) in [6.07, 6.45) is -0.252. The first-order chi connectivity index (χ1) is 10.8. The summed E-state index contributed by atoms with van der Waals surface area (Å²) >= 11 is 0. The Labute approximate surface area is 139 Å². The van der Waals surface area contributed by atoms with Gasteiger partial charge in [-0.2, -0.15) is 0 Å². The number of hydrogen-bond donors (Lipinski definition) is 2. The zero-order chi connectivity index (χ0) is 18.7. The zero-order valence-electron chi connectivity index (χ0n) is 14.1. The van der Waals surface area contributed by atoms with Crippen molar-refractivity contribution in [3.63, 3.8) is 0 Å². The number of nitro benzene ring substituents is 1. The van der Waals surface area contributed by atoms with Gasteiger partial charge in [-0.25, -0.2) is 0 Å². The maximum Gasteiger partial charge on any atom is 0.323 e. The Morgan fingerprint density at radius 3 is 2.38 bits per heavy atom. The van der Waals surface area contributed by atoms with E-state index in [1.165, 1.54) is 31.2 Å². The number of rotatable bonds is 6. The standard InChI is InChI=1S/C16H22N2O6/c1-15(2,3)24-13(19)12(9-16(4,17)14(20)21)10-6-5-7-11(8-10)18(22)23/h5-8,12H,9,17H2,1-4H3,(H,20,21). The Bertz CT molecular complexity index is 648. The molecule has 3 N–H and O–H groups in total. The van der Waals surface area contributed by atoms with E-state index in [2.05, 4.69) is 0 Å². The van der Waals surface area contributed by atoms with E-state index in [0.29, 0.717) is 0 Å². The Morgan fingerprint density at radius 1 is 1.33 bits per heavy atom. The SMILES string of the molecule is CC(C)(C)OC(=O)C(CC(C)(N)C(=O)O)c1cccc([N+](=O)[O-])c1. The molecular weight excluding hydrogens is 316 g/mol. The van der Waals surface area contributed by atoms with Crippen molar-refractivity contribution in [2.24, 2.45) is 5.73 Å². The molecule has 0 fully saturated rings. The van der Waals surface area contributed by atoms with Crippen LogP contribution in [0.25, 0.3) is 0 Å². The summed E-state index contributed by atoms with van der Waals surface area (Å²) in [5.74, 6) is -2.99. The van der Waals surface area contributed by atoms with Gasteiger partial charge in [0, 0.05) is 12.1 Å². The Hall–Kier alpha value is -2.48. The van der Waals surface area contributed by atoms with Crippen LogP contribution in [0.1, 0.15) is 45.6 Å². The highest BCUT2D eigenvalue weighted by molar-refractivity contribution is 5.83. The van der Waals surface area contributed by atoms with E-state index >= 15 is 0 Å². The van der Waals surface area contributed by atoms with Gasteiger partial charge in [0.15, 0.2) is 0 Å². The number of carboxylic acid groups (broad SMARTS) is 1. The molecule has 0 amide bonds. The highest BCUT2D eigenvalue weighted by Gasteiger charge is 2.37. The summed E-state index contributed by atoms with van der Waals surface area (Å²) in [5, 5.41) is 20.1. The van der Waals surface area contributed by atoms with Crippen LogP contribution in [0, 0.1) is 10.1 Å². The van der Waals surface area contributed by atoms with Gasteiger partial charge < -0.3 is 15.6 Å². The van der Waals surface area contributed by atoms with Crippen LogP contribution in [0.3, 0.4) is 0 Å². The number of benzene rings is 1. The second-order valence-corrected chi connectivity index (χ2v) is 6.86. The summed E-state index contributed by atoms with van der Waals surface area (Å²) in [7, 11) is 0. The molecule has 0 radical (unpaired) electrons. The van der Waals surface area contributed by atoms with Gasteiger partial charge in [0.2, 0.25) is 0 Å². The zero-order valence-corrected chi connectivity index (χ0v) is 14.1. The van der Waals surface area contributed by atoms with Gasteiger partial charge in [0.25, 0.3) is 5.69 Å². The minimum atomic E-state index is -1.69. The third kappa shape index (κ3) is 5.31. The van der Waals surface area contributed by atoms with Crippen molar-refractivity contribution in [1.82, 2.24) is 0 Å². The molecular formula is C16H22N2O6. The van der Waals surface area contributed by atoms with Crippen molar-refractivity contribution in [3.8, 4) is 0 Å². The monoisotopic (exact) mass is 338 g/mol. The normalized spacial score (nSPS) is 15.2. The predicted molar refractivity (Wildman–Crippen MR) is 86.5 cm³/mol. The molecule has 0 aliphatic rings. The Balaban J connectivity index is 3.27. The summed E-state index contributed by atoms with van der Waals surface area (Å²) in [4.78, 5) is 34.1. The van der Waals surface area contributed by atoms with Crippen molar-refractivity contribution < 1.29 is 24.4 Å². The lowest BCUT2D eigenvalue weighted by Gasteiger charge is -2.28. The van der Waals surface area contributed by atoms with Crippen molar-refractivity contribution in [1.29, 1.82) is 0 Å². The smallest absolute Gasteiger partial charge is 0.323 e. The van der Waals surface area contributed by atoms with Crippen LogP contribution in [0.5, 0.6) is 0 Å². The number of carbonyl (C=O) groups excluding carboxylic acids is 1. The van der Waals surface area contributed by atoms with Crippen LogP contribution in [0.4, 0.5) is 5.69 Å². The molecule has 2 unspecified atom stereocenters. The first-order valence-electron chi connectivity index (χ1n) is 7.33. The first-order valence-corrected chi connectivity index (χ1v) is 7.33. The fraction of sp³-hybridized carbons (Fsp3) is 0.500. The fourth-order valence-corrected chi connectivity index (χ4v) is 2.08. The second kappa shape index (κ2) is 6.96. The second-order valence-electron chi connectivity index (χ2n) is 6.86. The maximum atomic E-state index is 12.5. The summed E-state index contributed by atoms with van der Waals surface area (Å²) in [6, 6.07) is 5.46. The lowest BCUT2D eigenvalue weighted by Crippen LogP contribution is -2.47. The van der Waals surface area contributed by atoms with Crippen molar-refractivity contribution in [3.05, 3.63) is 39.9 Å². The average Bonchev–Trinajstić information content (AvgIpc) is 2.42. The van der Waals surface area contributed by atoms with E-state index in [-0.39, 0.29) is 17.7 Å². The highest BCUT2D eigenvalue weighted by Crippen LogP contribution is 2.30. The summed E-state index contributed by atoms with van der Waals surface area (Å²) in [5.41, 5.74) is 3.37. The third-order valence-corrected chi connectivity index (χ3v) is 3.29. The van der Waals surface area contributed by atoms with E-state index in [1.807, 2.05) is 0 Å². The average molecular weight is 338 g/mol. The molecule has 132 valence electrons. The van der Waals surface area contributed by atoms with Gasteiger partial charge in [-0.05, 0) is 39.7 Å². The van der Waals surface area contributed by atoms with Crippen LogP contribution in [0.15, 0.2) is 24.3 Å². The number of carbonyl (C=O) groups is 2. The molecule has 1 rings (SSSR count). The molecule has 1 aromatic rings. The number of nitrogens with two attached hydrogens (primary N) is 1. The number of non-ortho nitro benzene ring substituents is 1. The van der Waals surface area contributed by atoms with E-state index in [4.69, 9.17) is 10.5 Å². The molecule has 24 heavy (non-hydrogen) atoms. The molecule has 8 heteroatoms. The largest absolute Gasteiger partial charge is 0.480 e. The van der Waals surface area contributed by atoms with Crippen molar-refractivity contribution in [2.45, 2.75) is 51.2 Å². The summed E-state index contributed by atoms with van der Waals surface area (Å²) < 4.78 is 5.32. The molecule has 0 saturated heterocycles. The van der Waals surface area contributed by atoms with E-state index in [0.717, 1.165) is 0 Å². The van der Waals surface area contributed by atoms with Gasteiger partial charge in [-0.3, -0.25) is 19.7 Å².